The van der Waals surface area contributed by atoms with E-state index in [2.05, 4.69) is 35.6 Å². The van der Waals surface area contributed by atoms with E-state index < -0.39 is 0 Å². The Morgan fingerprint density at radius 2 is 2.22 bits per heavy atom. The molecule has 0 saturated carbocycles. The molecule has 2 rings (SSSR count). The quantitative estimate of drug-likeness (QED) is 0.890. The van der Waals surface area contributed by atoms with Gasteiger partial charge in [0.2, 0.25) is 0 Å². The fourth-order valence-corrected chi connectivity index (χ4v) is 2.90. The van der Waals surface area contributed by atoms with Crippen molar-refractivity contribution in [3.63, 3.8) is 0 Å². The summed E-state index contributed by atoms with van der Waals surface area (Å²) < 4.78 is 0. The van der Waals surface area contributed by atoms with Crippen LogP contribution >= 0.6 is 0 Å². The van der Waals surface area contributed by atoms with Crippen molar-refractivity contribution in [1.29, 1.82) is 0 Å². The Morgan fingerprint density at radius 3 is 2.89 bits per heavy atom. The Morgan fingerprint density at radius 1 is 1.44 bits per heavy atom. The molecule has 1 unspecified atom stereocenters. The number of anilines is 2. The SMILES string of the molecule is CCCc1c(N)ncnc1N1CCCC1C(C)C. The van der Waals surface area contributed by atoms with Crippen LogP contribution in [0.15, 0.2) is 6.33 Å². The van der Waals surface area contributed by atoms with Crippen LogP contribution < -0.4 is 10.6 Å². The lowest BCUT2D eigenvalue weighted by atomic mass is 10.0. The van der Waals surface area contributed by atoms with Crippen LogP contribution in [-0.4, -0.2) is 22.6 Å². The highest BCUT2D eigenvalue weighted by atomic mass is 15.2. The van der Waals surface area contributed by atoms with E-state index in [0.29, 0.717) is 17.8 Å². The zero-order chi connectivity index (χ0) is 13.1. The van der Waals surface area contributed by atoms with Gasteiger partial charge in [0.05, 0.1) is 0 Å². The first-order valence-corrected chi connectivity index (χ1v) is 7.01. The Balaban J connectivity index is 2.34. The lowest BCUT2D eigenvalue weighted by Crippen LogP contribution is -2.35. The van der Waals surface area contributed by atoms with E-state index >= 15 is 0 Å². The summed E-state index contributed by atoms with van der Waals surface area (Å²) in [5.41, 5.74) is 7.15. The second kappa shape index (κ2) is 5.55. The van der Waals surface area contributed by atoms with Gasteiger partial charge >= 0.3 is 0 Å². The van der Waals surface area contributed by atoms with Gasteiger partial charge in [-0.3, -0.25) is 0 Å². The standard InChI is InChI=1S/C14H24N4/c1-4-6-11-13(15)16-9-17-14(11)18-8-5-7-12(18)10(2)3/h9-10,12H,4-8H2,1-3H3,(H2,15,16,17). The highest BCUT2D eigenvalue weighted by Crippen LogP contribution is 2.32. The first-order valence-electron chi connectivity index (χ1n) is 7.01. The van der Waals surface area contributed by atoms with Gasteiger partial charge in [-0.1, -0.05) is 27.2 Å². The van der Waals surface area contributed by atoms with Gasteiger partial charge in [0.1, 0.15) is 18.0 Å². The monoisotopic (exact) mass is 248 g/mol. The molecule has 0 amide bonds. The maximum atomic E-state index is 6.02. The first kappa shape index (κ1) is 13.1. The predicted octanol–water partition coefficient (Wildman–Crippen LogP) is 2.64. The molecule has 0 radical (unpaired) electrons. The molecule has 4 heteroatoms. The van der Waals surface area contributed by atoms with E-state index in [1.807, 2.05) is 0 Å². The van der Waals surface area contributed by atoms with E-state index in [4.69, 9.17) is 5.73 Å². The number of hydrogen-bond donors (Lipinski definition) is 1. The summed E-state index contributed by atoms with van der Waals surface area (Å²) in [4.78, 5) is 11.1. The molecule has 18 heavy (non-hydrogen) atoms. The van der Waals surface area contributed by atoms with Gasteiger partial charge in [-0.05, 0) is 25.2 Å². The van der Waals surface area contributed by atoms with Crippen LogP contribution in [0.3, 0.4) is 0 Å². The van der Waals surface area contributed by atoms with Gasteiger partial charge in [0.15, 0.2) is 0 Å². The van der Waals surface area contributed by atoms with Crippen molar-refractivity contribution in [1.82, 2.24) is 9.97 Å². The van der Waals surface area contributed by atoms with Crippen LogP contribution in [0.2, 0.25) is 0 Å². The summed E-state index contributed by atoms with van der Waals surface area (Å²) in [5.74, 6) is 2.37. The maximum Gasteiger partial charge on any atom is 0.137 e. The number of rotatable bonds is 4. The Bertz CT molecular complexity index is 403. The molecule has 2 N–H and O–H groups in total. The van der Waals surface area contributed by atoms with Gasteiger partial charge in [-0.25, -0.2) is 9.97 Å². The molecule has 1 saturated heterocycles. The molecular weight excluding hydrogens is 224 g/mol. The second-order valence-corrected chi connectivity index (χ2v) is 5.46. The zero-order valence-corrected chi connectivity index (χ0v) is 11.7. The van der Waals surface area contributed by atoms with Crippen molar-refractivity contribution in [3.05, 3.63) is 11.9 Å². The minimum Gasteiger partial charge on any atom is -0.383 e. The molecule has 2 heterocycles. The number of nitrogen functional groups attached to an aromatic ring is 1. The molecule has 1 fully saturated rings. The van der Waals surface area contributed by atoms with Crippen LogP contribution in [0.4, 0.5) is 11.6 Å². The fourth-order valence-electron chi connectivity index (χ4n) is 2.90. The number of hydrogen-bond acceptors (Lipinski definition) is 4. The van der Waals surface area contributed by atoms with Crippen molar-refractivity contribution < 1.29 is 0 Å². The predicted molar refractivity (Wildman–Crippen MR) is 75.6 cm³/mol. The van der Waals surface area contributed by atoms with E-state index in [1.54, 1.807) is 6.33 Å². The Labute approximate surface area is 110 Å². The van der Waals surface area contributed by atoms with Crippen LogP contribution in [-0.2, 0) is 6.42 Å². The number of aromatic nitrogens is 2. The number of nitrogens with zero attached hydrogens (tertiary/aromatic N) is 3. The molecule has 1 aliphatic rings. The summed E-state index contributed by atoms with van der Waals surface area (Å²) in [5, 5.41) is 0. The largest absolute Gasteiger partial charge is 0.383 e. The van der Waals surface area contributed by atoms with Gasteiger partial charge in [-0.2, -0.15) is 0 Å². The van der Waals surface area contributed by atoms with E-state index in [-0.39, 0.29) is 0 Å². The molecule has 4 nitrogen and oxygen atoms in total. The van der Waals surface area contributed by atoms with Crippen molar-refractivity contribution in [3.8, 4) is 0 Å². The minimum atomic E-state index is 0.593. The smallest absolute Gasteiger partial charge is 0.137 e. The highest BCUT2D eigenvalue weighted by Gasteiger charge is 2.29. The first-order chi connectivity index (χ1) is 8.65. The second-order valence-electron chi connectivity index (χ2n) is 5.46. The van der Waals surface area contributed by atoms with Crippen LogP contribution in [0, 0.1) is 5.92 Å². The molecule has 1 aromatic rings. The third kappa shape index (κ3) is 2.42. The zero-order valence-electron chi connectivity index (χ0n) is 11.7. The average molecular weight is 248 g/mol. The molecule has 1 atom stereocenters. The molecule has 0 bridgehead atoms. The van der Waals surface area contributed by atoms with Crippen molar-refractivity contribution >= 4 is 11.6 Å². The molecule has 0 aliphatic carbocycles. The third-order valence-electron chi connectivity index (χ3n) is 3.80. The van der Waals surface area contributed by atoms with Gasteiger partial charge in [0, 0.05) is 18.2 Å². The third-order valence-corrected chi connectivity index (χ3v) is 3.80. The summed E-state index contributed by atoms with van der Waals surface area (Å²) in [6.07, 6.45) is 6.14. The van der Waals surface area contributed by atoms with E-state index in [1.165, 1.54) is 12.8 Å². The van der Waals surface area contributed by atoms with Crippen molar-refractivity contribution in [2.45, 2.75) is 52.5 Å². The fraction of sp³-hybridized carbons (Fsp3) is 0.714. The highest BCUT2D eigenvalue weighted by molar-refractivity contribution is 5.57. The Hall–Kier alpha value is -1.32. The van der Waals surface area contributed by atoms with E-state index in [9.17, 15) is 0 Å². The van der Waals surface area contributed by atoms with E-state index in [0.717, 1.165) is 30.8 Å². The molecular formula is C14H24N4. The van der Waals surface area contributed by atoms with Gasteiger partial charge in [-0.15, -0.1) is 0 Å². The molecule has 1 aliphatic heterocycles. The lowest BCUT2D eigenvalue weighted by molar-refractivity contribution is 0.488. The minimum absolute atomic E-state index is 0.593. The van der Waals surface area contributed by atoms with Crippen molar-refractivity contribution in [2.75, 3.05) is 17.2 Å². The van der Waals surface area contributed by atoms with Gasteiger partial charge < -0.3 is 10.6 Å². The summed E-state index contributed by atoms with van der Waals surface area (Å²) in [6.45, 7) is 7.83. The molecule has 100 valence electrons. The Kier molecular flexibility index (Phi) is 4.04. The molecule has 0 aromatic carbocycles. The maximum absolute atomic E-state index is 6.02. The van der Waals surface area contributed by atoms with Crippen molar-refractivity contribution in [2.24, 2.45) is 5.92 Å². The van der Waals surface area contributed by atoms with Crippen LogP contribution in [0.1, 0.15) is 45.6 Å². The summed E-state index contributed by atoms with van der Waals surface area (Å²) in [6, 6.07) is 0.593. The number of nitrogens with two attached hydrogens (primary N) is 1. The van der Waals surface area contributed by atoms with Gasteiger partial charge in [0.25, 0.3) is 0 Å². The molecule has 0 spiro atoms. The summed E-state index contributed by atoms with van der Waals surface area (Å²) in [7, 11) is 0. The normalized spacial score (nSPS) is 19.8. The summed E-state index contributed by atoms with van der Waals surface area (Å²) >= 11 is 0. The van der Waals surface area contributed by atoms with Crippen LogP contribution in [0.25, 0.3) is 0 Å². The van der Waals surface area contributed by atoms with Crippen LogP contribution in [0.5, 0.6) is 0 Å². The lowest BCUT2D eigenvalue weighted by Gasteiger charge is -2.30. The topological polar surface area (TPSA) is 55.0 Å². The average Bonchev–Trinajstić information content (AvgIpc) is 2.81. The molecule has 1 aromatic heterocycles.